The van der Waals surface area contributed by atoms with Gasteiger partial charge < -0.3 is 13.9 Å². The van der Waals surface area contributed by atoms with Crippen molar-refractivity contribution >= 4 is 40.7 Å². The molecule has 0 saturated heterocycles. The zero-order valence-corrected chi connectivity index (χ0v) is 23.7. The second-order valence-electron chi connectivity index (χ2n) is 10.5. The van der Waals surface area contributed by atoms with Gasteiger partial charge in [0.15, 0.2) is 5.16 Å². The van der Waals surface area contributed by atoms with Gasteiger partial charge in [0.05, 0.1) is 34.7 Å². The van der Waals surface area contributed by atoms with E-state index >= 15 is 0 Å². The van der Waals surface area contributed by atoms with Crippen LogP contribution < -0.4 is 0 Å². The molecule has 1 aliphatic carbocycles. The average molecular weight is 551 g/mol. The van der Waals surface area contributed by atoms with Crippen molar-refractivity contribution in [3.63, 3.8) is 0 Å². The SMILES string of the molecule is COC(=O)c1ccc2c(c1)nc(-c1cccc3nc(S)n(CCCc4ccccc4)c13)n2CCC1=CCCCC1. The Balaban J connectivity index is 1.43. The maximum atomic E-state index is 12.3. The molecule has 3 aromatic carbocycles. The average Bonchev–Trinajstić information content (AvgIpc) is 3.52. The van der Waals surface area contributed by atoms with E-state index in [0.717, 1.165) is 65.8 Å². The Morgan fingerprint density at radius 1 is 0.925 bits per heavy atom. The van der Waals surface area contributed by atoms with Crippen molar-refractivity contribution in [2.45, 2.75) is 63.2 Å². The standard InChI is InChI=1S/C33H34N4O2S/c1-39-32(38)25-17-18-29-28(22-25)34-31(36(29)21-19-24-12-6-3-7-13-24)26-15-8-16-27-30(26)37(33(40)35-27)20-9-14-23-10-4-2-5-11-23/h2,4-5,8,10-12,15-18,22H,3,6-7,9,13-14,19-21H2,1H3,(H,35,40). The summed E-state index contributed by atoms with van der Waals surface area (Å²) in [5.41, 5.74) is 8.13. The lowest BCUT2D eigenvalue weighted by molar-refractivity contribution is 0.0601. The van der Waals surface area contributed by atoms with E-state index in [9.17, 15) is 4.79 Å². The molecule has 0 fully saturated rings. The quantitative estimate of drug-likeness (QED) is 0.116. The number of imidazole rings is 2. The van der Waals surface area contributed by atoms with Gasteiger partial charge in [-0.2, -0.15) is 0 Å². The normalized spacial score (nSPS) is 13.6. The summed E-state index contributed by atoms with van der Waals surface area (Å²) in [7, 11) is 1.41. The van der Waals surface area contributed by atoms with Crippen LogP contribution in [-0.4, -0.2) is 32.2 Å². The van der Waals surface area contributed by atoms with Crippen LogP contribution in [0.15, 0.2) is 83.5 Å². The molecule has 204 valence electrons. The van der Waals surface area contributed by atoms with Crippen LogP contribution in [-0.2, 0) is 24.2 Å². The third-order valence-corrected chi connectivity index (χ3v) is 8.23. The summed E-state index contributed by atoms with van der Waals surface area (Å²) in [6.07, 6.45) is 10.2. The smallest absolute Gasteiger partial charge is 0.337 e. The highest BCUT2D eigenvalue weighted by atomic mass is 32.1. The van der Waals surface area contributed by atoms with Crippen molar-refractivity contribution in [2.24, 2.45) is 0 Å². The van der Waals surface area contributed by atoms with E-state index in [1.54, 1.807) is 0 Å². The summed E-state index contributed by atoms with van der Waals surface area (Å²) in [5.74, 6) is 0.528. The summed E-state index contributed by atoms with van der Waals surface area (Å²) in [6, 6.07) is 22.4. The van der Waals surface area contributed by atoms with Crippen LogP contribution in [0.3, 0.4) is 0 Å². The number of hydrogen-bond donors (Lipinski definition) is 1. The highest BCUT2D eigenvalue weighted by Crippen LogP contribution is 2.34. The second-order valence-corrected chi connectivity index (χ2v) is 10.9. The number of carbonyl (C=O) groups excluding carboxylic acids is 1. The van der Waals surface area contributed by atoms with Crippen molar-refractivity contribution in [3.05, 3.63) is 89.5 Å². The number of fused-ring (bicyclic) bond motifs is 2. The first-order valence-electron chi connectivity index (χ1n) is 14.1. The topological polar surface area (TPSA) is 61.9 Å². The fourth-order valence-electron chi connectivity index (χ4n) is 5.85. The number of methoxy groups -OCH3 is 1. The summed E-state index contributed by atoms with van der Waals surface area (Å²) < 4.78 is 9.50. The van der Waals surface area contributed by atoms with Crippen LogP contribution >= 0.6 is 12.6 Å². The third kappa shape index (κ3) is 5.30. The molecule has 5 aromatic rings. The van der Waals surface area contributed by atoms with Crippen LogP contribution in [0.2, 0.25) is 0 Å². The molecule has 1 aliphatic rings. The summed E-state index contributed by atoms with van der Waals surface area (Å²) in [5, 5.41) is 0.707. The lowest BCUT2D eigenvalue weighted by Crippen LogP contribution is -2.06. The maximum Gasteiger partial charge on any atom is 0.337 e. The molecule has 0 atom stereocenters. The molecule has 0 N–H and O–H groups in total. The third-order valence-electron chi connectivity index (χ3n) is 7.89. The monoisotopic (exact) mass is 550 g/mol. The minimum absolute atomic E-state index is 0.358. The molecule has 0 unspecified atom stereocenters. The van der Waals surface area contributed by atoms with Gasteiger partial charge in [-0.25, -0.2) is 14.8 Å². The Bertz CT molecular complexity index is 1700. The zero-order chi connectivity index (χ0) is 27.5. The first kappa shape index (κ1) is 26.4. The molecule has 0 spiro atoms. The van der Waals surface area contributed by atoms with Crippen LogP contribution in [0, 0.1) is 0 Å². The number of aromatic nitrogens is 4. The number of esters is 1. The Labute approximate surface area is 240 Å². The van der Waals surface area contributed by atoms with Crippen molar-refractivity contribution in [2.75, 3.05) is 7.11 Å². The Morgan fingerprint density at radius 3 is 2.60 bits per heavy atom. The van der Waals surface area contributed by atoms with Gasteiger partial charge >= 0.3 is 5.97 Å². The molecule has 2 aromatic heterocycles. The number of benzene rings is 3. The van der Waals surface area contributed by atoms with E-state index in [0.29, 0.717) is 10.7 Å². The number of carbonyl (C=O) groups is 1. The molecular weight excluding hydrogens is 516 g/mol. The highest BCUT2D eigenvalue weighted by Gasteiger charge is 2.20. The molecule has 0 radical (unpaired) electrons. The Morgan fingerprint density at radius 2 is 1.80 bits per heavy atom. The predicted molar refractivity (Wildman–Crippen MR) is 163 cm³/mol. The van der Waals surface area contributed by atoms with Crippen molar-refractivity contribution in [3.8, 4) is 11.4 Å². The van der Waals surface area contributed by atoms with Crippen molar-refractivity contribution < 1.29 is 9.53 Å². The molecule has 2 heterocycles. The lowest BCUT2D eigenvalue weighted by atomic mass is 9.97. The fourth-order valence-corrected chi connectivity index (χ4v) is 6.15. The van der Waals surface area contributed by atoms with Gasteiger partial charge in [-0.3, -0.25) is 0 Å². The van der Waals surface area contributed by atoms with Gasteiger partial charge in [0.1, 0.15) is 5.82 Å². The van der Waals surface area contributed by atoms with Gasteiger partial charge in [0, 0.05) is 18.7 Å². The summed E-state index contributed by atoms with van der Waals surface area (Å²) in [4.78, 5) is 22.2. The summed E-state index contributed by atoms with van der Waals surface area (Å²) in [6.45, 7) is 1.63. The van der Waals surface area contributed by atoms with Crippen LogP contribution in [0.25, 0.3) is 33.5 Å². The molecule has 6 nitrogen and oxygen atoms in total. The van der Waals surface area contributed by atoms with Crippen LogP contribution in [0.1, 0.15) is 54.4 Å². The van der Waals surface area contributed by atoms with E-state index in [1.807, 2.05) is 30.3 Å². The Kier molecular flexibility index (Phi) is 7.73. The minimum Gasteiger partial charge on any atom is -0.465 e. The largest absolute Gasteiger partial charge is 0.465 e. The van der Waals surface area contributed by atoms with E-state index in [-0.39, 0.29) is 5.97 Å². The number of allylic oxidation sites excluding steroid dienone is 2. The number of nitrogens with zero attached hydrogens (tertiary/aromatic N) is 4. The Hall–Kier alpha value is -3.84. The van der Waals surface area contributed by atoms with Gasteiger partial charge in [0.2, 0.25) is 0 Å². The first-order valence-corrected chi connectivity index (χ1v) is 14.6. The number of hydrogen-bond acceptors (Lipinski definition) is 5. The van der Waals surface area contributed by atoms with Crippen molar-refractivity contribution in [1.82, 2.24) is 19.1 Å². The minimum atomic E-state index is -0.358. The number of ether oxygens (including phenoxy) is 1. The fraction of sp³-hybridized carbons (Fsp3) is 0.303. The van der Waals surface area contributed by atoms with E-state index < -0.39 is 0 Å². The van der Waals surface area contributed by atoms with E-state index in [2.05, 4.69) is 51.6 Å². The van der Waals surface area contributed by atoms with Crippen LogP contribution in [0.4, 0.5) is 0 Å². The lowest BCUT2D eigenvalue weighted by Gasteiger charge is -2.16. The molecule has 0 bridgehead atoms. The predicted octanol–water partition coefficient (Wildman–Crippen LogP) is 7.65. The highest BCUT2D eigenvalue weighted by molar-refractivity contribution is 7.80. The second kappa shape index (κ2) is 11.7. The van der Waals surface area contributed by atoms with E-state index in [1.165, 1.54) is 43.9 Å². The van der Waals surface area contributed by atoms with Gasteiger partial charge in [-0.15, -0.1) is 12.6 Å². The number of aryl methyl sites for hydroxylation is 3. The molecular formula is C33H34N4O2S. The number of rotatable bonds is 9. The molecule has 0 amide bonds. The number of para-hydroxylation sites is 1. The first-order chi connectivity index (χ1) is 19.6. The van der Waals surface area contributed by atoms with E-state index in [4.69, 9.17) is 27.3 Å². The van der Waals surface area contributed by atoms with Gasteiger partial charge in [0.25, 0.3) is 0 Å². The molecule has 0 saturated carbocycles. The molecule has 40 heavy (non-hydrogen) atoms. The summed E-state index contributed by atoms with van der Waals surface area (Å²) >= 11 is 4.78. The molecule has 6 rings (SSSR count). The molecule has 0 aliphatic heterocycles. The number of thiol groups is 1. The molecule has 7 heteroatoms. The van der Waals surface area contributed by atoms with Crippen molar-refractivity contribution in [1.29, 1.82) is 0 Å². The zero-order valence-electron chi connectivity index (χ0n) is 22.8. The van der Waals surface area contributed by atoms with Gasteiger partial charge in [-0.1, -0.05) is 48.0 Å². The maximum absolute atomic E-state index is 12.3. The van der Waals surface area contributed by atoms with Crippen LogP contribution in [0.5, 0.6) is 0 Å². The van der Waals surface area contributed by atoms with Gasteiger partial charge in [-0.05, 0) is 80.8 Å².